The topological polar surface area (TPSA) is 78.1 Å². The third-order valence-electron chi connectivity index (χ3n) is 6.00. The van der Waals surface area contributed by atoms with E-state index in [0.717, 1.165) is 37.3 Å². The van der Waals surface area contributed by atoms with Crippen molar-refractivity contribution in [1.82, 2.24) is 10.3 Å². The highest BCUT2D eigenvalue weighted by atomic mass is 16.4. The molecule has 3 aromatic rings. The van der Waals surface area contributed by atoms with E-state index in [4.69, 9.17) is 4.42 Å². The highest BCUT2D eigenvalue weighted by Crippen LogP contribution is 2.36. The summed E-state index contributed by atoms with van der Waals surface area (Å²) in [7, 11) is 1.79. The van der Waals surface area contributed by atoms with Crippen LogP contribution in [0.5, 0.6) is 5.75 Å². The van der Waals surface area contributed by atoms with Crippen LogP contribution >= 0.6 is 0 Å². The van der Waals surface area contributed by atoms with E-state index in [-0.39, 0.29) is 17.2 Å². The van der Waals surface area contributed by atoms with Crippen molar-refractivity contribution in [3.8, 4) is 5.75 Å². The zero-order valence-corrected chi connectivity index (χ0v) is 17.9. The highest BCUT2D eigenvalue weighted by Gasteiger charge is 2.26. The molecule has 1 fully saturated rings. The fourth-order valence-electron chi connectivity index (χ4n) is 4.42. The van der Waals surface area contributed by atoms with E-state index >= 15 is 0 Å². The third kappa shape index (κ3) is 4.80. The summed E-state index contributed by atoms with van der Waals surface area (Å²) < 4.78 is 5.58. The molecule has 2 N–H and O–H groups in total. The molecule has 0 radical (unpaired) electrons. The number of likely N-dealkylation sites (tertiary alicyclic amines) is 1. The maximum Gasteiger partial charge on any atom is 0.343 e. The van der Waals surface area contributed by atoms with E-state index in [9.17, 15) is 9.90 Å². The first-order chi connectivity index (χ1) is 15.2. The van der Waals surface area contributed by atoms with Gasteiger partial charge in [-0.3, -0.25) is 0 Å². The van der Waals surface area contributed by atoms with E-state index in [1.54, 1.807) is 25.2 Å². The second kappa shape index (κ2) is 9.79. The fraction of sp³-hybridized carbons (Fsp3) is 0.360. The van der Waals surface area contributed by atoms with Gasteiger partial charge in [-0.25, -0.2) is 4.79 Å². The van der Waals surface area contributed by atoms with Crippen LogP contribution in [0.25, 0.3) is 11.0 Å². The van der Waals surface area contributed by atoms with Gasteiger partial charge in [-0.15, -0.1) is 0 Å². The Morgan fingerprint density at radius 1 is 1.13 bits per heavy atom. The number of hydrazone groups is 1. The summed E-state index contributed by atoms with van der Waals surface area (Å²) in [6.45, 7) is 3.20. The number of nitrogens with zero attached hydrogens (tertiary/aromatic N) is 2. The summed E-state index contributed by atoms with van der Waals surface area (Å²) in [5, 5.41) is 16.2. The molecule has 4 rings (SSSR count). The molecule has 0 amide bonds. The van der Waals surface area contributed by atoms with Gasteiger partial charge in [-0.2, -0.15) is 5.10 Å². The van der Waals surface area contributed by atoms with Crippen LogP contribution in [0.4, 0.5) is 0 Å². The number of hydrogen-bond acceptors (Lipinski definition) is 6. The number of aromatic hydroxyl groups is 1. The fourth-order valence-corrected chi connectivity index (χ4v) is 4.42. The maximum atomic E-state index is 13.0. The molecule has 0 bridgehead atoms. The van der Waals surface area contributed by atoms with Crippen molar-refractivity contribution in [2.45, 2.75) is 31.6 Å². The molecule has 2 heterocycles. The predicted molar refractivity (Wildman–Crippen MR) is 124 cm³/mol. The molecule has 1 aliphatic heterocycles. The van der Waals surface area contributed by atoms with Gasteiger partial charge < -0.3 is 19.8 Å². The molecule has 1 atom stereocenters. The Morgan fingerprint density at radius 2 is 1.84 bits per heavy atom. The lowest BCUT2D eigenvalue weighted by molar-refractivity contribution is 0.348. The molecule has 0 spiro atoms. The van der Waals surface area contributed by atoms with Crippen LogP contribution in [0.2, 0.25) is 0 Å². The Hall–Kier alpha value is -3.12. The van der Waals surface area contributed by atoms with Gasteiger partial charge in [0.25, 0.3) is 0 Å². The molecule has 0 aliphatic carbocycles. The molecule has 1 aromatic heterocycles. The lowest BCUT2D eigenvalue weighted by atomic mass is 9.86. The Kier molecular flexibility index (Phi) is 6.67. The molecule has 2 aromatic carbocycles. The largest absolute Gasteiger partial charge is 0.507 e. The minimum Gasteiger partial charge on any atom is -0.507 e. The average Bonchev–Trinajstić information content (AvgIpc) is 3.31. The van der Waals surface area contributed by atoms with Gasteiger partial charge in [-0.1, -0.05) is 42.5 Å². The van der Waals surface area contributed by atoms with Crippen LogP contribution in [-0.4, -0.2) is 42.4 Å². The van der Waals surface area contributed by atoms with Crippen molar-refractivity contribution >= 4 is 16.7 Å². The summed E-state index contributed by atoms with van der Waals surface area (Å²) in [5.41, 5.74) is 5.00. The van der Waals surface area contributed by atoms with Crippen LogP contribution in [0.15, 0.2) is 68.9 Å². The van der Waals surface area contributed by atoms with Crippen LogP contribution < -0.4 is 11.1 Å². The van der Waals surface area contributed by atoms with E-state index in [0.29, 0.717) is 17.4 Å². The van der Waals surface area contributed by atoms with Crippen molar-refractivity contribution in [3.63, 3.8) is 0 Å². The average molecular weight is 420 g/mol. The minimum atomic E-state index is -0.506. The summed E-state index contributed by atoms with van der Waals surface area (Å²) >= 11 is 0. The first-order valence-electron chi connectivity index (χ1n) is 10.9. The molecule has 31 heavy (non-hydrogen) atoms. The van der Waals surface area contributed by atoms with Crippen LogP contribution in [0.3, 0.4) is 0 Å². The SMILES string of the molecule is CN/N=C(/CCN1CCCC1)C[C@@H](c1ccccc1)c1c(O)c2ccccc2oc1=O. The normalized spacial score (nSPS) is 16.0. The summed E-state index contributed by atoms with van der Waals surface area (Å²) in [6, 6.07) is 16.9. The Bertz CT molecular complexity index is 1100. The minimum absolute atomic E-state index is 0.0101. The number of rotatable bonds is 8. The zero-order chi connectivity index (χ0) is 21.6. The second-order valence-corrected chi connectivity index (χ2v) is 8.02. The highest BCUT2D eigenvalue weighted by molar-refractivity contribution is 5.87. The standard InChI is InChI=1S/C25H29N3O3/c1-26-27-19(13-16-28-14-7-8-15-28)17-21(18-9-3-2-4-10-18)23-24(29)20-11-5-6-12-22(20)31-25(23)30/h2-6,9-12,21,26,29H,7-8,13-17H2,1H3/b27-19-/t21-/m0/s1. The number of fused-ring (bicyclic) bond motifs is 1. The van der Waals surface area contributed by atoms with Crippen molar-refractivity contribution in [2.24, 2.45) is 5.10 Å². The number of benzene rings is 2. The van der Waals surface area contributed by atoms with Crippen LogP contribution in [-0.2, 0) is 0 Å². The summed E-state index contributed by atoms with van der Waals surface area (Å²) in [5.74, 6) is -0.364. The number of para-hydroxylation sites is 1. The molecular formula is C25H29N3O3. The van der Waals surface area contributed by atoms with Gasteiger partial charge in [-0.05, 0) is 50.0 Å². The quantitative estimate of drug-likeness (QED) is 0.327. The smallest absolute Gasteiger partial charge is 0.343 e. The van der Waals surface area contributed by atoms with Gasteiger partial charge in [0, 0.05) is 31.6 Å². The van der Waals surface area contributed by atoms with Crippen molar-refractivity contribution in [1.29, 1.82) is 0 Å². The van der Waals surface area contributed by atoms with Crippen molar-refractivity contribution < 1.29 is 9.52 Å². The van der Waals surface area contributed by atoms with Crippen LogP contribution in [0, 0.1) is 0 Å². The summed E-state index contributed by atoms with van der Waals surface area (Å²) in [4.78, 5) is 15.4. The first kappa shape index (κ1) is 21.1. The maximum absolute atomic E-state index is 13.0. The van der Waals surface area contributed by atoms with Gasteiger partial charge in [0.05, 0.1) is 10.9 Å². The van der Waals surface area contributed by atoms with E-state index in [1.807, 2.05) is 36.4 Å². The van der Waals surface area contributed by atoms with E-state index in [1.165, 1.54) is 12.8 Å². The van der Waals surface area contributed by atoms with E-state index < -0.39 is 5.63 Å². The lowest BCUT2D eigenvalue weighted by Crippen LogP contribution is -2.25. The molecule has 162 valence electrons. The van der Waals surface area contributed by atoms with Crippen molar-refractivity contribution in [3.05, 3.63) is 76.1 Å². The molecular weight excluding hydrogens is 390 g/mol. The number of hydrogen-bond donors (Lipinski definition) is 2. The Labute approximate surface area is 182 Å². The monoisotopic (exact) mass is 419 g/mol. The van der Waals surface area contributed by atoms with Crippen LogP contribution in [0.1, 0.15) is 42.7 Å². The third-order valence-corrected chi connectivity index (χ3v) is 6.00. The number of nitrogens with one attached hydrogen (secondary N) is 1. The molecule has 0 saturated carbocycles. The predicted octanol–water partition coefficient (Wildman–Crippen LogP) is 4.08. The Morgan fingerprint density at radius 3 is 2.58 bits per heavy atom. The molecule has 6 nitrogen and oxygen atoms in total. The van der Waals surface area contributed by atoms with Gasteiger partial charge in [0.15, 0.2) is 0 Å². The van der Waals surface area contributed by atoms with E-state index in [2.05, 4.69) is 15.4 Å². The molecule has 1 saturated heterocycles. The Balaban J connectivity index is 1.72. The summed E-state index contributed by atoms with van der Waals surface area (Å²) in [6.07, 6.45) is 3.83. The lowest BCUT2D eigenvalue weighted by Gasteiger charge is -2.21. The van der Waals surface area contributed by atoms with Crippen molar-refractivity contribution in [2.75, 3.05) is 26.7 Å². The molecule has 0 unspecified atom stereocenters. The second-order valence-electron chi connectivity index (χ2n) is 8.02. The molecule has 6 heteroatoms. The van der Waals surface area contributed by atoms with Gasteiger partial charge in [0.1, 0.15) is 11.3 Å². The van der Waals surface area contributed by atoms with Gasteiger partial charge in [0.2, 0.25) is 0 Å². The molecule has 1 aliphatic rings. The first-order valence-corrected chi connectivity index (χ1v) is 10.9. The zero-order valence-electron chi connectivity index (χ0n) is 17.9. The van der Waals surface area contributed by atoms with Gasteiger partial charge >= 0.3 is 5.63 Å².